The number of piperazine rings is 1. The Labute approximate surface area is 190 Å². The minimum absolute atomic E-state index is 0.235. The molecule has 0 radical (unpaired) electrons. The number of amides is 1. The van der Waals surface area contributed by atoms with E-state index in [9.17, 15) is 14.9 Å². The number of nitro groups is 1. The van der Waals surface area contributed by atoms with Crippen molar-refractivity contribution in [3.63, 3.8) is 0 Å². The smallest absolute Gasteiger partial charge is 0.433 e. The van der Waals surface area contributed by atoms with Crippen molar-refractivity contribution in [2.75, 3.05) is 49.1 Å². The predicted molar refractivity (Wildman–Crippen MR) is 121 cm³/mol. The highest BCUT2D eigenvalue weighted by Gasteiger charge is 2.32. The zero-order valence-electron chi connectivity index (χ0n) is 17.6. The van der Waals surface area contributed by atoms with Crippen LogP contribution in [-0.4, -0.2) is 71.3 Å². The molecule has 2 aromatic heterocycles. The van der Waals surface area contributed by atoms with Crippen molar-refractivity contribution < 1.29 is 18.9 Å². The third-order valence-electron chi connectivity index (χ3n) is 5.40. The average Bonchev–Trinajstić information content (AvgIpc) is 3.40. The summed E-state index contributed by atoms with van der Waals surface area (Å²) in [5.41, 5.74) is 0.693. The molecule has 2 aliphatic rings. The molecule has 0 aromatic carbocycles. The predicted octanol–water partition coefficient (Wildman–Crippen LogP) is 2.17. The summed E-state index contributed by atoms with van der Waals surface area (Å²) in [6, 6.07) is 6.80. The maximum atomic E-state index is 12.2. The van der Waals surface area contributed by atoms with Crippen LogP contribution in [0.15, 0.2) is 34.9 Å². The van der Waals surface area contributed by atoms with Crippen LogP contribution in [0.4, 0.5) is 22.2 Å². The summed E-state index contributed by atoms with van der Waals surface area (Å²) in [5, 5.41) is 13.8. The number of hydrogen-bond donors (Lipinski definition) is 1. The van der Waals surface area contributed by atoms with Crippen LogP contribution < -0.4 is 15.1 Å². The summed E-state index contributed by atoms with van der Waals surface area (Å²) >= 11 is 5.00. The lowest BCUT2D eigenvalue weighted by atomic mass is 10.2. The number of anilines is 2. The number of carbonyl (C=O) groups excluding carboxylic acids is 1. The van der Waals surface area contributed by atoms with Gasteiger partial charge < -0.3 is 19.4 Å². The Kier molecular flexibility index (Phi) is 6.51. The third kappa shape index (κ3) is 5.14. The molecular weight excluding hydrogens is 436 g/mol. The number of aromatic nitrogens is 1. The molecule has 2 aromatic rings. The molecule has 1 atom stereocenters. The van der Waals surface area contributed by atoms with E-state index in [0.717, 1.165) is 32.0 Å². The Hall–Kier alpha value is -3.25. The largest absolute Gasteiger partial charge is 0.442 e. The van der Waals surface area contributed by atoms with Crippen LogP contribution in [0.2, 0.25) is 0 Å². The molecule has 2 fully saturated rings. The van der Waals surface area contributed by atoms with E-state index < -0.39 is 4.92 Å². The van der Waals surface area contributed by atoms with Gasteiger partial charge in [-0.3, -0.25) is 19.9 Å². The van der Waals surface area contributed by atoms with Crippen molar-refractivity contribution in [2.45, 2.75) is 19.6 Å². The van der Waals surface area contributed by atoms with E-state index >= 15 is 0 Å². The first-order chi connectivity index (χ1) is 15.4. The SMILES string of the molecule is CC(=S)NCC1CN(c2ccc(N3CCN(Cc4ccc([N+](=O)[O-])o4)CC3)nc2)C(=O)O1. The van der Waals surface area contributed by atoms with Crippen LogP contribution in [0.5, 0.6) is 0 Å². The molecule has 0 bridgehead atoms. The molecule has 4 heterocycles. The number of thiocarbonyl (C=S) groups is 1. The van der Waals surface area contributed by atoms with Crippen LogP contribution in [0, 0.1) is 10.1 Å². The van der Waals surface area contributed by atoms with E-state index in [1.165, 1.54) is 6.07 Å². The van der Waals surface area contributed by atoms with Crippen molar-refractivity contribution in [1.29, 1.82) is 0 Å². The van der Waals surface area contributed by atoms with Crippen LogP contribution in [0.3, 0.4) is 0 Å². The Morgan fingerprint density at radius 1 is 1.28 bits per heavy atom. The fourth-order valence-electron chi connectivity index (χ4n) is 3.73. The van der Waals surface area contributed by atoms with Gasteiger partial charge in [0.25, 0.3) is 0 Å². The van der Waals surface area contributed by atoms with Gasteiger partial charge in [-0.15, -0.1) is 0 Å². The van der Waals surface area contributed by atoms with Crippen molar-refractivity contribution >= 4 is 40.7 Å². The molecule has 2 saturated heterocycles. The second-order valence-electron chi connectivity index (χ2n) is 7.69. The van der Waals surface area contributed by atoms with Crippen molar-refractivity contribution in [3.8, 4) is 0 Å². The fraction of sp³-hybridized carbons (Fsp3) is 0.450. The maximum absolute atomic E-state index is 12.2. The van der Waals surface area contributed by atoms with Gasteiger partial charge in [-0.05, 0) is 25.1 Å². The molecule has 1 N–H and O–H groups in total. The first-order valence-electron chi connectivity index (χ1n) is 10.3. The van der Waals surface area contributed by atoms with Crippen molar-refractivity contribution in [2.24, 2.45) is 0 Å². The Balaban J connectivity index is 1.29. The average molecular weight is 461 g/mol. The van der Waals surface area contributed by atoms with Crippen LogP contribution in [0.1, 0.15) is 12.7 Å². The van der Waals surface area contributed by atoms with Gasteiger partial charge in [0.1, 0.15) is 22.6 Å². The van der Waals surface area contributed by atoms with E-state index in [-0.39, 0.29) is 18.1 Å². The van der Waals surface area contributed by atoms with E-state index in [0.29, 0.717) is 36.1 Å². The Morgan fingerprint density at radius 3 is 2.69 bits per heavy atom. The molecule has 0 saturated carbocycles. The standard InChI is InChI=1S/C20H24N6O5S/c1-14(32)21-11-17-13-25(20(27)31-17)15-2-4-18(22-10-15)24-8-6-23(7-9-24)12-16-3-5-19(30-16)26(28)29/h2-5,10,17H,6-9,11-13H2,1H3,(H,21,32). The van der Waals surface area contributed by atoms with Crippen molar-refractivity contribution in [3.05, 3.63) is 46.3 Å². The number of rotatable bonds is 7. The number of nitrogens with zero attached hydrogens (tertiary/aromatic N) is 5. The molecule has 12 heteroatoms. The number of furan rings is 1. The summed E-state index contributed by atoms with van der Waals surface area (Å²) < 4.78 is 10.6. The number of cyclic esters (lactones) is 1. The zero-order valence-corrected chi connectivity index (χ0v) is 18.4. The van der Waals surface area contributed by atoms with Crippen LogP contribution in [-0.2, 0) is 11.3 Å². The molecule has 170 valence electrons. The van der Waals surface area contributed by atoms with Crippen LogP contribution in [0.25, 0.3) is 0 Å². The highest BCUT2D eigenvalue weighted by Crippen LogP contribution is 2.24. The topological polar surface area (TPSA) is 117 Å². The summed E-state index contributed by atoms with van der Waals surface area (Å²) in [5.74, 6) is 1.18. The second kappa shape index (κ2) is 9.49. The van der Waals surface area contributed by atoms with E-state index in [2.05, 4.69) is 20.1 Å². The molecule has 1 amide bonds. The van der Waals surface area contributed by atoms with Gasteiger partial charge in [0.15, 0.2) is 0 Å². The van der Waals surface area contributed by atoms with E-state index in [1.54, 1.807) is 24.1 Å². The molecule has 0 aliphatic carbocycles. The first kappa shape index (κ1) is 22.0. The van der Waals surface area contributed by atoms with Gasteiger partial charge in [-0.2, -0.15) is 0 Å². The molecular formula is C20H24N6O5S. The molecule has 0 spiro atoms. The zero-order chi connectivity index (χ0) is 22.7. The highest BCUT2D eigenvalue weighted by molar-refractivity contribution is 7.80. The number of hydrogen-bond acceptors (Lipinski definition) is 9. The molecule has 32 heavy (non-hydrogen) atoms. The highest BCUT2D eigenvalue weighted by atomic mass is 32.1. The van der Waals surface area contributed by atoms with Gasteiger partial charge in [0.05, 0.1) is 42.6 Å². The van der Waals surface area contributed by atoms with Gasteiger partial charge in [0.2, 0.25) is 0 Å². The van der Waals surface area contributed by atoms with Gasteiger partial charge in [-0.25, -0.2) is 9.78 Å². The number of ether oxygens (including phenoxy) is 1. The summed E-state index contributed by atoms with van der Waals surface area (Å²) in [4.78, 5) is 33.5. The fourth-order valence-corrected chi connectivity index (χ4v) is 3.81. The minimum atomic E-state index is -0.532. The van der Waals surface area contributed by atoms with Gasteiger partial charge in [-0.1, -0.05) is 12.2 Å². The Bertz CT molecular complexity index is 989. The van der Waals surface area contributed by atoms with E-state index in [4.69, 9.17) is 21.4 Å². The quantitative estimate of drug-likeness (QED) is 0.374. The van der Waals surface area contributed by atoms with Gasteiger partial charge >= 0.3 is 12.0 Å². The molecule has 11 nitrogen and oxygen atoms in total. The summed E-state index contributed by atoms with van der Waals surface area (Å²) in [7, 11) is 0. The third-order valence-corrected chi connectivity index (χ3v) is 5.54. The second-order valence-corrected chi connectivity index (χ2v) is 8.30. The molecule has 4 rings (SSSR count). The maximum Gasteiger partial charge on any atom is 0.433 e. The lowest BCUT2D eigenvalue weighted by Crippen LogP contribution is -2.46. The normalized spacial score (nSPS) is 19.2. The van der Waals surface area contributed by atoms with Crippen LogP contribution >= 0.6 is 12.2 Å². The lowest BCUT2D eigenvalue weighted by molar-refractivity contribution is -0.402. The molecule has 2 aliphatic heterocycles. The monoisotopic (exact) mass is 460 g/mol. The number of carbonyl (C=O) groups is 1. The number of nitrogens with one attached hydrogen (secondary N) is 1. The van der Waals surface area contributed by atoms with Gasteiger partial charge in [0, 0.05) is 26.2 Å². The van der Waals surface area contributed by atoms with Crippen molar-refractivity contribution in [1.82, 2.24) is 15.2 Å². The minimum Gasteiger partial charge on any atom is -0.442 e. The number of pyridine rings is 1. The summed E-state index contributed by atoms with van der Waals surface area (Å²) in [6.07, 6.45) is 1.04. The Morgan fingerprint density at radius 2 is 2.06 bits per heavy atom. The first-order valence-corrected chi connectivity index (χ1v) is 10.7. The molecule has 1 unspecified atom stereocenters. The van der Waals surface area contributed by atoms with E-state index in [1.807, 2.05) is 12.1 Å². The summed E-state index contributed by atoms with van der Waals surface area (Å²) in [6.45, 7) is 6.35. The lowest BCUT2D eigenvalue weighted by Gasteiger charge is -2.35.